The van der Waals surface area contributed by atoms with Gasteiger partial charge in [-0.3, -0.25) is 15.0 Å². The van der Waals surface area contributed by atoms with Crippen LogP contribution in [0.1, 0.15) is 27.4 Å². The number of aromatic nitrogens is 5. The Balaban J connectivity index is 1.84. The number of allylic oxidation sites excluding steroid dienone is 1. The lowest BCUT2D eigenvalue weighted by atomic mass is 10.0. The largest absolute Gasteiger partial charge is 0.506 e. The number of carbonyl (C=O) groups is 1. The Bertz CT molecular complexity index is 854. The van der Waals surface area contributed by atoms with Gasteiger partial charge in [-0.05, 0) is 17.7 Å². The van der Waals surface area contributed by atoms with Crippen LogP contribution in [0.15, 0.2) is 42.9 Å². The van der Waals surface area contributed by atoms with Gasteiger partial charge in [0.15, 0.2) is 5.82 Å². The average molecular weight is 313 g/mol. The molecule has 3 aromatic rings. The van der Waals surface area contributed by atoms with Gasteiger partial charge in [-0.15, -0.1) is 0 Å². The van der Waals surface area contributed by atoms with E-state index in [9.17, 15) is 14.3 Å². The van der Waals surface area contributed by atoms with E-state index in [-0.39, 0.29) is 17.4 Å². The number of carbonyl (C=O) groups excluding carboxylic acids is 1. The lowest BCUT2D eigenvalue weighted by Crippen LogP contribution is -2.01. The number of hydrogen-bond donors (Lipinski definition) is 3. The number of aliphatic hydroxyl groups is 1. The molecule has 0 saturated heterocycles. The van der Waals surface area contributed by atoms with E-state index >= 15 is 0 Å². The van der Waals surface area contributed by atoms with Gasteiger partial charge < -0.3 is 5.11 Å². The molecule has 0 aliphatic heterocycles. The number of nitrogens with one attached hydrogen (secondary N) is 2. The maximum atomic E-state index is 13.2. The standard InChI is InChI=1S/C15H12FN5O2/c16-11-3-1-2-9(5-11)4-10-7-18-20-14(10)12(22)6-13(23)15-17-8-19-21-15/h1-3,5-8,22H,4H2,(H,18,20)(H,17,19,21). The molecule has 7 nitrogen and oxygen atoms in total. The van der Waals surface area contributed by atoms with Gasteiger partial charge >= 0.3 is 0 Å². The second-order valence-corrected chi connectivity index (χ2v) is 4.80. The van der Waals surface area contributed by atoms with Gasteiger partial charge in [0.05, 0.1) is 6.20 Å². The predicted molar refractivity (Wildman–Crippen MR) is 79.1 cm³/mol. The number of ketones is 1. The first-order chi connectivity index (χ1) is 11.1. The Hall–Kier alpha value is -3.29. The first-order valence-corrected chi connectivity index (χ1v) is 6.71. The van der Waals surface area contributed by atoms with Crippen molar-refractivity contribution >= 4 is 11.5 Å². The smallest absolute Gasteiger partial charge is 0.226 e. The molecule has 0 unspecified atom stereocenters. The third-order valence-corrected chi connectivity index (χ3v) is 3.17. The second-order valence-electron chi connectivity index (χ2n) is 4.80. The maximum Gasteiger partial charge on any atom is 0.226 e. The summed E-state index contributed by atoms with van der Waals surface area (Å²) < 4.78 is 13.2. The average Bonchev–Trinajstić information content (AvgIpc) is 3.18. The van der Waals surface area contributed by atoms with E-state index in [4.69, 9.17) is 0 Å². The summed E-state index contributed by atoms with van der Waals surface area (Å²) in [6.07, 6.45) is 4.09. The lowest BCUT2D eigenvalue weighted by Gasteiger charge is -2.03. The number of aromatic amines is 2. The highest BCUT2D eigenvalue weighted by Gasteiger charge is 2.14. The summed E-state index contributed by atoms with van der Waals surface area (Å²) in [6, 6.07) is 6.12. The molecule has 0 fully saturated rings. The number of rotatable bonds is 5. The van der Waals surface area contributed by atoms with E-state index in [1.807, 2.05) is 0 Å². The van der Waals surface area contributed by atoms with Crippen LogP contribution >= 0.6 is 0 Å². The van der Waals surface area contributed by atoms with Gasteiger partial charge in [-0.25, -0.2) is 9.37 Å². The summed E-state index contributed by atoms with van der Waals surface area (Å²) in [5, 5.41) is 22.6. The van der Waals surface area contributed by atoms with Gasteiger partial charge in [0.2, 0.25) is 5.78 Å². The zero-order valence-corrected chi connectivity index (χ0v) is 11.8. The van der Waals surface area contributed by atoms with Crippen molar-refractivity contribution in [1.29, 1.82) is 0 Å². The van der Waals surface area contributed by atoms with Crippen LogP contribution in [-0.2, 0) is 6.42 Å². The van der Waals surface area contributed by atoms with E-state index in [2.05, 4.69) is 25.4 Å². The van der Waals surface area contributed by atoms with E-state index in [0.717, 1.165) is 11.6 Å². The van der Waals surface area contributed by atoms with Crippen LogP contribution < -0.4 is 0 Å². The van der Waals surface area contributed by atoms with E-state index in [1.165, 1.54) is 24.7 Å². The second kappa shape index (κ2) is 6.22. The predicted octanol–water partition coefficient (Wildman–Crippen LogP) is 2.04. The molecule has 0 atom stereocenters. The van der Waals surface area contributed by atoms with Crippen molar-refractivity contribution in [2.24, 2.45) is 0 Å². The van der Waals surface area contributed by atoms with Crippen LogP contribution in [0.2, 0.25) is 0 Å². The van der Waals surface area contributed by atoms with Crippen molar-refractivity contribution in [2.45, 2.75) is 6.42 Å². The van der Waals surface area contributed by atoms with Crippen LogP contribution in [0.5, 0.6) is 0 Å². The van der Waals surface area contributed by atoms with Crippen LogP contribution in [0, 0.1) is 5.82 Å². The van der Waals surface area contributed by atoms with Gasteiger partial charge in [0.25, 0.3) is 0 Å². The number of aliphatic hydroxyl groups excluding tert-OH is 1. The Labute approximate surface area is 129 Å². The lowest BCUT2D eigenvalue weighted by molar-refractivity contribution is 0.103. The summed E-state index contributed by atoms with van der Waals surface area (Å²) in [7, 11) is 0. The van der Waals surface area contributed by atoms with Gasteiger partial charge in [0.1, 0.15) is 23.6 Å². The highest BCUT2D eigenvalue weighted by molar-refractivity contribution is 6.05. The van der Waals surface area contributed by atoms with Crippen molar-refractivity contribution in [3.8, 4) is 0 Å². The molecule has 0 spiro atoms. The monoisotopic (exact) mass is 313 g/mol. The third kappa shape index (κ3) is 3.31. The maximum absolute atomic E-state index is 13.2. The summed E-state index contributed by atoms with van der Waals surface area (Å²) in [6.45, 7) is 0. The molecule has 2 heterocycles. The van der Waals surface area contributed by atoms with Gasteiger partial charge in [-0.2, -0.15) is 10.2 Å². The molecule has 0 saturated carbocycles. The van der Waals surface area contributed by atoms with Crippen LogP contribution in [0.3, 0.4) is 0 Å². The minimum absolute atomic E-state index is 0.0164. The fourth-order valence-corrected chi connectivity index (χ4v) is 2.12. The molecular formula is C15H12FN5O2. The van der Waals surface area contributed by atoms with Crippen molar-refractivity contribution in [2.75, 3.05) is 0 Å². The molecular weight excluding hydrogens is 301 g/mol. The summed E-state index contributed by atoms with van der Waals surface area (Å²) in [5.41, 5.74) is 1.65. The number of nitrogens with zero attached hydrogens (tertiary/aromatic N) is 3. The quantitative estimate of drug-likeness (QED) is 0.379. The number of halogens is 1. The fraction of sp³-hybridized carbons (Fsp3) is 0.0667. The Morgan fingerprint density at radius 1 is 1.30 bits per heavy atom. The molecule has 0 amide bonds. The van der Waals surface area contributed by atoms with E-state index < -0.39 is 5.78 Å². The highest BCUT2D eigenvalue weighted by Crippen LogP contribution is 2.18. The molecule has 23 heavy (non-hydrogen) atoms. The van der Waals surface area contributed by atoms with Crippen molar-refractivity contribution in [1.82, 2.24) is 25.4 Å². The topological polar surface area (TPSA) is 108 Å². The van der Waals surface area contributed by atoms with Gasteiger partial charge in [-0.1, -0.05) is 12.1 Å². The minimum Gasteiger partial charge on any atom is -0.506 e. The van der Waals surface area contributed by atoms with Gasteiger partial charge in [0, 0.05) is 18.1 Å². The van der Waals surface area contributed by atoms with Crippen LogP contribution in [0.25, 0.3) is 5.76 Å². The Morgan fingerprint density at radius 2 is 2.17 bits per heavy atom. The minimum atomic E-state index is -0.522. The van der Waals surface area contributed by atoms with Crippen molar-refractivity contribution in [3.63, 3.8) is 0 Å². The normalized spacial score (nSPS) is 11.6. The SMILES string of the molecule is O=C(C=C(O)c1[nH]ncc1Cc1cccc(F)c1)c1ncn[nH]1. The molecule has 116 valence electrons. The number of H-pyrrole nitrogens is 2. The third-order valence-electron chi connectivity index (χ3n) is 3.17. The Kier molecular flexibility index (Phi) is 3.96. The summed E-state index contributed by atoms with van der Waals surface area (Å²) in [5.74, 6) is -1.13. The van der Waals surface area contributed by atoms with Crippen LogP contribution in [-0.4, -0.2) is 36.3 Å². The highest BCUT2D eigenvalue weighted by atomic mass is 19.1. The van der Waals surface area contributed by atoms with Crippen molar-refractivity contribution in [3.05, 3.63) is 71.3 Å². The number of benzene rings is 1. The fourth-order valence-electron chi connectivity index (χ4n) is 2.12. The summed E-state index contributed by atoms with van der Waals surface area (Å²) >= 11 is 0. The van der Waals surface area contributed by atoms with E-state index in [0.29, 0.717) is 17.7 Å². The summed E-state index contributed by atoms with van der Waals surface area (Å²) in [4.78, 5) is 15.6. The molecule has 3 rings (SSSR count). The molecule has 8 heteroatoms. The van der Waals surface area contributed by atoms with Crippen LogP contribution in [0.4, 0.5) is 4.39 Å². The Morgan fingerprint density at radius 3 is 2.91 bits per heavy atom. The molecule has 0 radical (unpaired) electrons. The first kappa shape index (κ1) is 14.6. The van der Waals surface area contributed by atoms with Crippen molar-refractivity contribution < 1.29 is 14.3 Å². The zero-order valence-electron chi connectivity index (χ0n) is 11.8. The molecule has 1 aromatic carbocycles. The van der Waals surface area contributed by atoms with E-state index in [1.54, 1.807) is 12.1 Å². The first-order valence-electron chi connectivity index (χ1n) is 6.71. The molecule has 0 aliphatic carbocycles. The molecule has 0 aliphatic rings. The molecule has 2 aromatic heterocycles. The molecule has 0 bridgehead atoms. The molecule has 3 N–H and O–H groups in total. The zero-order chi connectivity index (χ0) is 16.2. The number of hydrogen-bond acceptors (Lipinski definition) is 5.